The molecule has 1 rings (SSSR count). The van der Waals surface area contributed by atoms with E-state index in [1.807, 2.05) is 0 Å². The van der Waals surface area contributed by atoms with Crippen LogP contribution in [0.4, 0.5) is 0 Å². The van der Waals surface area contributed by atoms with Gasteiger partial charge in [0, 0.05) is 0 Å². The molecule has 0 spiro atoms. The van der Waals surface area contributed by atoms with Gasteiger partial charge in [-0.1, -0.05) is 0 Å². The van der Waals surface area contributed by atoms with Crippen molar-refractivity contribution in [1.82, 2.24) is 0 Å². The van der Waals surface area contributed by atoms with Gasteiger partial charge in [0.15, 0.2) is 0 Å². The molecule has 0 saturated carbocycles. The summed E-state index contributed by atoms with van der Waals surface area (Å²) < 4.78 is 4.70. The van der Waals surface area contributed by atoms with E-state index in [4.69, 9.17) is 25.2 Å². The van der Waals surface area contributed by atoms with Crippen molar-refractivity contribution >= 4 is 0 Å². The highest BCUT2D eigenvalue weighted by atomic mass is 16.5. The lowest BCUT2D eigenvalue weighted by molar-refractivity contribution is -0.0636. The van der Waals surface area contributed by atoms with Crippen LogP contribution in [0, 0.1) is 6.61 Å². The largest absolute Gasteiger partial charge is 0.394 e. The van der Waals surface area contributed by atoms with Crippen LogP contribution >= 0.6 is 0 Å². The van der Waals surface area contributed by atoms with Gasteiger partial charge in [0.2, 0.25) is 0 Å². The molecule has 1 heterocycles. The minimum absolute atomic E-state index is 0.498. The fraction of sp³-hybridized carbons (Fsp3) is 0.833. The zero-order valence-electron chi connectivity index (χ0n) is 5.79. The predicted molar refractivity (Wildman–Crippen MR) is 34.3 cm³/mol. The van der Waals surface area contributed by atoms with Gasteiger partial charge in [-0.2, -0.15) is 0 Å². The molecular formula is C6H11O5. The number of hydrogen-bond acceptors (Lipinski definition) is 5. The van der Waals surface area contributed by atoms with Crippen molar-refractivity contribution in [2.24, 2.45) is 0 Å². The number of rotatable bonds is 2. The van der Waals surface area contributed by atoms with Crippen LogP contribution in [0.15, 0.2) is 0 Å². The third kappa shape index (κ3) is 1.69. The quantitative estimate of drug-likeness (QED) is 0.365. The summed E-state index contributed by atoms with van der Waals surface area (Å²) in [5.41, 5.74) is 0. The molecule has 5 nitrogen and oxygen atoms in total. The average molecular weight is 163 g/mol. The van der Waals surface area contributed by atoms with Crippen molar-refractivity contribution in [2.75, 3.05) is 6.61 Å². The van der Waals surface area contributed by atoms with E-state index in [1.54, 1.807) is 0 Å². The molecule has 65 valence electrons. The highest BCUT2D eigenvalue weighted by Gasteiger charge is 2.39. The third-order valence-electron chi connectivity index (χ3n) is 1.63. The first-order chi connectivity index (χ1) is 5.16. The first-order valence-electron chi connectivity index (χ1n) is 3.30. The third-order valence-corrected chi connectivity index (χ3v) is 1.63. The molecule has 0 bridgehead atoms. The lowest BCUT2D eigenvalue weighted by Gasteiger charge is -2.18. The number of ether oxygens (including phenoxy) is 1. The van der Waals surface area contributed by atoms with E-state index < -0.39 is 31.0 Å². The first-order valence-corrected chi connectivity index (χ1v) is 3.30. The molecule has 1 aliphatic rings. The smallest absolute Gasteiger partial charge is 0.115 e. The second kappa shape index (κ2) is 3.46. The fourth-order valence-corrected chi connectivity index (χ4v) is 0.949. The van der Waals surface area contributed by atoms with Crippen molar-refractivity contribution in [1.29, 1.82) is 0 Å². The fourth-order valence-electron chi connectivity index (χ4n) is 0.949. The van der Waals surface area contributed by atoms with Gasteiger partial charge in [-0.25, -0.2) is 0 Å². The Morgan fingerprint density at radius 1 is 1.45 bits per heavy atom. The van der Waals surface area contributed by atoms with Crippen LogP contribution in [-0.2, 0) is 4.74 Å². The van der Waals surface area contributed by atoms with Crippen molar-refractivity contribution in [3.05, 3.63) is 6.61 Å². The van der Waals surface area contributed by atoms with E-state index in [-0.39, 0.29) is 0 Å². The molecule has 1 fully saturated rings. The maximum Gasteiger partial charge on any atom is 0.115 e. The minimum Gasteiger partial charge on any atom is -0.394 e. The summed E-state index contributed by atoms with van der Waals surface area (Å²) in [6.07, 6.45) is -4.31. The Kier molecular flexibility index (Phi) is 2.80. The van der Waals surface area contributed by atoms with Crippen molar-refractivity contribution in [2.45, 2.75) is 24.4 Å². The Bertz CT molecular complexity index is 128. The van der Waals surface area contributed by atoms with Crippen LogP contribution in [0.1, 0.15) is 0 Å². The van der Waals surface area contributed by atoms with E-state index >= 15 is 0 Å². The van der Waals surface area contributed by atoms with Gasteiger partial charge in [-0.05, 0) is 0 Å². The Morgan fingerprint density at radius 2 is 2.09 bits per heavy atom. The lowest BCUT2D eigenvalue weighted by atomic mass is 10.1. The molecular weight excluding hydrogens is 152 g/mol. The van der Waals surface area contributed by atoms with E-state index in [2.05, 4.69) is 0 Å². The molecule has 0 aromatic heterocycles. The average Bonchev–Trinajstić information content (AvgIpc) is 2.32. The summed E-state index contributed by atoms with van der Waals surface area (Å²) in [6, 6.07) is 0. The van der Waals surface area contributed by atoms with Gasteiger partial charge in [0.25, 0.3) is 0 Å². The molecule has 0 unspecified atom stereocenters. The van der Waals surface area contributed by atoms with Crippen molar-refractivity contribution < 1.29 is 25.2 Å². The van der Waals surface area contributed by atoms with Gasteiger partial charge in [-0.15, -0.1) is 0 Å². The molecule has 1 saturated heterocycles. The van der Waals surface area contributed by atoms with Gasteiger partial charge in [-0.3, -0.25) is 0 Å². The summed E-state index contributed by atoms with van der Waals surface area (Å²) in [7, 11) is 0. The van der Waals surface area contributed by atoms with E-state index in [0.717, 1.165) is 6.61 Å². The molecule has 11 heavy (non-hydrogen) atoms. The molecule has 1 radical (unpaired) electrons. The highest BCUT2D eigenvalue weighted by molar-refractivity contribution is 4.93. The Morgan fingerprint density at radius 3 is 2.45 bits per heavy atom. The maximum atomic E-state index is 9.08. The zero-order valence-corrected chi connectivity index (χ0v) is 5.79. The summed E-state index contributed by atoms with van der Waals surface area (Å²) in [6.45, 7) is 0.538. The highest BCUT2D eigenvalue weighted by Crippen LogP contribution is 2.20. The standard InChI is InChI=1S/C6H11O5/c7-1-3(8)6-5(10)4(9)2-11-6/h2-10H,1H2/t3-,4-,5-,6+/m0/s1. The topological polar surface area (TPSA) is 90.2 Å². The molecule has 0 aromatic rings. The predicted octanol–water partition coefficient (Wildman–Crippen LogP) is -2.38. The number of aliphatic hydroxyl groups excluding tert-OH is 4. The van der Waals surface area contributed by atoms with Gasteiger partial charge in [0.05, 0.1) is 6.61 Å². The van der Waals surface area contributed by atoms with E-state index in [0.29, 0.717) is 0 Å². The Hall–Kier alpha value is -0.200. The second-order valence-electron chi connectivity index (χ2n) is 2.47. The van der Waals surface area contributed by atoms with Crippen molar-refractivity contribution in [3.8, 4) is 0 Å². The van der Waals surface area contributed by atoms with Crippen molar-refractivity contribution in [3.63, 3.8) is 0 Å². The molecule has 0 amide bonds. The second-order valence-corrected chi connectivity index (χ2v) is 2.47. The minimum atomic E-state index is -1.16. The van der Waals surface area contributed by atoms with Crippen LogP contribution in [-0.4, -0.2) is 51.4 Å². The summed E-state index contributed by atoms with van der Waals surface area (Å²) in [5.74, 6) is 0. The number of hydrogen-bond donors (Lipinski definition) is 4. The van der Waals surface area contributed by atoms with Gasteiger partial charge < -0.3 is 25.2 Å². The Balaban J connectivity index is 2.47. The zero-order chi connectivity index (χ0) is 8.43. The van der Waals surface area contributed by atoms with Gasteiger partial charge >= 0.3 is 0 Å². The van der Waals surface area contributed by atoms with Crippen LogP contribution in [0.2, 0.25) is 0 Å². The molecule has 1 aliphatic heterocycles. The SMILES string of the molecule is OC[C@H](O)[C@H]1O[CH][C@H](O)[C@@H]1O. The van der Waals surface area contributed by atoms with E-state index in [9.17, 15) is 0 Å². The monoisotopic (exact) mass is 163 g/mol. The van der Waals surface area contributed by atoms with E-state index in [1.165, 1.54) is 0 Å². The first kappa shape index (κ1) is 8.89. The molecule has 5 heteroatoms. The summed E-state index contributed by atoms with van der Waals surface area (Å²) in [5, 5.41) is 35.4. The Labute approximate surface area is 63.8 Å². The molecule has 4 N–H and O–H groups in total. The van der Waals surface area contributed by atoms with Crippen LogP contribution in [0.5, 0.6) is 0 Å². The molecule has 0 aromatic carbocycles. The van der Waals surface area contributed by atoms with Crippen LogP contribution in [0.25, 0.3) is 0 Å². The van der Waals surface area contributed by atoms with Crippen LogP contribution in [0.3, 0.4) is 0 Å². The molecule has 0 aliphatic carbocycles. The summed E-state index contributed by atoms with van der Waals surface area (Å²) in [4.78, 5) is 0. The molecule has 4 atom stereocenters. The normalized spacial score (nSPS) is 40.9. The van der Waals surface area contributed by atoms with Gasteiger partial charge in [0.1, 0.15) is 31.0 Å². The van der Waals surface area contributed by atoms with Crippen LogP contribution < -0.4 is 0 Å². The number of aliphatic hydroxyl groups is 4. The summed E-state index contributed by atoms with van der Waals surface area (Å²) >= 11 is 0. The lowest BCUT2D eigenvalue weighted by Crippen LogP contribution is -2.40. The maximum absolute atomic E-state index is 9.08.